The van der Waals surface area contributed by atoms with Gasteiger partial charge < -0.3 is 15.4 Å². The van der Waals surface area contributed by atoms with Crippen LogP contribution in [0.2, 0.25) is 0 Å². The van der Waals surface area contributed by atoms with E-state index in [0.29, 0.717) is 0 Å². The topological polar surface area (TPSA) is 33.3 Å². The molecule has 1 aliphatic heterocycles. The zero-order valence-corrected chi connectivity index (χ0v) is 10.4. The summed E-state index contributed by atoms with van der Waals surface area (Å²) in [4.78, 5) is 0. The molecular weight excluding hydrogens is 220 g/mol. The minimum Gasteiger partial charge on any atom is -0.497 e. The summed E-state index contributed by atoms with van der Waals surface area (Å²) in [6.45, 7) is 3.04. The number of methoxy groups -OCH3 is 1. The highest BCUT2D eigenvalue weighted by molar-refractivity contribution is 7.80. The van der Waals surface area contributed by atoms with Crippen LogP contribution in [0.15, 0.2) is 24.3 Å². The second-order valence-corrected chi connectivity index (χ2v) is 4.80. The second kappa shape index (κ2) is 4.29. The fraction of sp³-hybridized carbons (Fsp3) is 0.417. The summed E-state index contributed by atoms with van der Waals surface area (Å²) in [5.41, 5.74) is 1.30. The van der Waals surface area contributed by atoms with Crippen molar-refractivity contribution in [1.82, 2.24) is 10.6 Å². The van der Waals surface area contributed by atoms with Crippen molar-refractivity contribution in [2.45, 2.75) is 18.9 Å². The lowest BCUT2D eigenvalue weighted by molar-refractivity contribution is 0.414. The number of rotatable bonds is 3. The SMILES string of the molecule is COc1ccc(CC2(C)CNC(=S)N2)cc1. The number of benzene rings is 1. The highest BCUT2D eigenvalue weighted by atomic mass is 32.1. The lowest BCUT2D eigenvalue weighted by Crippen LogP contribution is -2.42. The molecule has 86 valence electrons. The average molecular weight is 236 g/mol. The Hall–Kier alpha value is -1.29. The third-order valence-electron chi connectivity index (χ3n) is 2.81. The Morgan fingerprint density at radius 2 is 2.06 bits per heavy atom. The molecule has 1 atom stereocenters. The summed E-state index contributed by atoms with van der Waals surface area (Å²) >= 11 is 5.08. The first-order valence-corrected chi connectivity index (χ1v) is 5.71. The van der Waals surface area contributed by atoms with Gasteiger partial charge in [-0.15, -0.1) is 0 Å². The predicted molar refractivity (Wildman–Crippen MR) is 68.8 cm³/mol. The maximum atomic E-state index is 5.13. The molecule has 0 aliphatic carbocycles. The van der Waals surface area contributed by atoms with E-state index >= 15 is 0 Å². The number of hydrogen-bond donors (Lipinski definition) is 2. The summed E-state index contributed by atoms with van der Waals surface area (Å²) in [5.74, 6) is 0.891. The normalized spacial score (nSPS) is 23.8. The van der Waals surface area contributed by atoms with Gasteiger partial charge in [0, 0.05) is 6.54 Å². The Bertz CT molecular complexity index is 391. The van der Waals surface area contributed by atoms with E-state index in [1.165, 1.54) is 5.56 Å². The fourth-order valence-corrected chi connectivity index (χ4v) is 2.26. The number of thiocarbonyl (C=S) groups is 1. The van der Waals surface area contributed by atoms with Gasteiger partial charge in [0.05, 0.1) is 12.6 Å². The predicted octanol–water partition coefficient (Wildman–Crippen LogP) is 1.47. The first kappa shape index (κ1) is 11.2. The second-order valence-electron chi connectivity index (χ2n) is 4.39. The van der Waals surface area contributed by atoms with Crippen molar-refractivity contribution in [2.75, 3.05) is 13.7 Å². The molecular formula is C12H16N2OS. The van der Waals surface area contributed by atoms with Crippen LogP contribution in [-0.4, -0.2) is 24.3 Å². The van der Waals surface area contributed by atoms with E-state index in [1.54, 1.807) is 7.11 Å². The molecule has 1 aromatic rings. The summed E-state index contributed by atoms with van der Waals surface area (Å²) in [7, 11) is 1.68. The fourth-order valence-electron chi connectivity index (χ4n) is 1.94. The Balaban J connectivity index is 2.06. The van der Waals surface area contributed by atoms with Crippen LogP contribution in [-0.2, 0) is 6.42 Å². The molecule has 3 nitrogen and oxygen atoms in total. The standard InChI is InChI=1S/C12H16N2OS/c1-12(8-13-11(16)14-12)7-9-3-5-10(15-2)6-4-9/h3-6H,7-8H2,1-2H3,(H2,13,14,16). The minimum absolute atomic E-state index is 0.0195. The molecule has 0 aromatic heterocycles. The Kier molecular flexibility index (Phi) is 3.01. The molecule has 16 heavy (non-hydrogen) atoms. The molecule has 0 bridgehead atoms. The minimum atomic E-state index is 0.0195. The summed E-state index contributed by atoms with van der Waals surface area (Å²) in [5, 5.41) is 7.19. The molecule has 1 aromatic carbocycles. The van der Waals surface area contributed by atoms with Crippen LogP contribution in [0.1, 0.15) is 12.5 Å². The summed E-state index contributed by atoms with van der Waals surface area (Å²) < 4.78 is 5.13. The molecule has 1 fully saturated rings. The summed E-state index contributed by atoms with van der Waals surface area (Å²) in [6.07, 6.45) is 0.949. The zero-order chi connectivity index (χ0) is 11.6. The van der Waals surface area contributed by atoms with Crippen molar-refractivity contribution in [2.24, 2.45) is 0 Å². The van der Waals surface area contributed by atoms with Gasteiger partial charge >= 0.3 is 0 Å². The Morgan fingerprint density at radius 3 is 2.56 bits per heavy atom. The highest BCUT2D eigenvalue weighted by Gasteiger charge is 2.30. The monoisotopic (exact) mass is 236 g/mol. The zero-order valence-electron chi connectivity index (χ0n) is 9.54. The molecule has 1 heterocycles. The van der Waals surface area contributed by atoms with E-state index < -0.39 is 0 Å². The van der Waals surface area contributed by atoms with E-state index in [1.807, 2.05) is 12.1 Å². The van der Waals surface area contributed by atoms with Gasteiger partial charge in [-0.2, -0.15) is 0 Å². The Morgan fingerprint density at radius 1 is 1.38 bits per heavy atom. The first-order chi connectivity index (χ1) is 7.61. The van der Waals surface area contributed by atoms with E-state index in [-0.39, 0.29) is 5.54 Å². The largest absolute Gasteiger partial charge is 0.497 e. The molecule has 2 rings (SSSR count). The third-order valence-corrected chi connectivity index (χ3v) is 3.05. The number of ether oxygens (including phenoxy) is 1. The number of hydrogen-bond acceptors (Lipinski definition) is 2. The average Bonchev–Trinajstić information content (AvgIpc) is 2.59. The maximum absolute atomic E-state index is 5.13. The maximum Gasteiger partial charge on any atom is 0.166 e. The van der Waals surface area contributed by atoms with Crippen molar-refractivity contribution in [3.8, 4) is 5.75 Å². The highest BCUT2D eigenvalue weighted by Crippen LogP contribution is 2.18. The van der Waals surface area contributed by atoms with Gasteiger partial charge in [-0.25, -0.2) is 0 Å². The van der Waals surface area contributed by atoms with Gasteiger partial charge in [-0.1, -0.05) is 12.1 Å². The lowest BCUT2D eigenvalue weighted by atomic mass is 9.94. The van der Waals surface area contributed by atoms with Gasteiger partial charge in [0.25, 0.3) is 0 Å². The van der Waals surface area contributed by atoms with Crippen molar-refractivity contribution in [3.63, 3.8) is 0 Å². The smallest absolute Gasteiger partial charge is 0.166 e. The lowest BCUT2D eigenvalue weighted by Gasteiger charge is -2.23. The molecule has 2 N–H and O–H groups in total. The quantitative estimate of drug-likeness (QED) is 0.779. The van der Waals surface area contributed by atoms with Gasteiger partial charge in [0.15, 0.2) is 5.11 Å². The molecule has 0 amide bonds. The van der Waals surface area contributed by atoms with Crippen LogP contribution < -0.4 is 15.4 Å². The van der Waals surface area contributed by atoms with E-state index in [2.05, 4.69) is 29.7 Å². The van der Waals surface area contributed by atoms with Gasteiger partial charge in [-0.3, -0.25) is 0 Å². The van der Waals surface area contributed by atoms with Crippen LogP contribution in [0.3, 0.4) is 0 Å². The van der Waals surface area contributed by atoms with Gasteiger partial charge in [0.2, 0.25) is 0 Å². The van der Waals surface area contributed by atoms with Crippen molar-refractivity contribution in [3.05, 3.63) is 29.8 Å². The molecule has 1 saturated heterocycles. The molecule has 0 radical (unpaired) electrons. The molecule has 0 spiro atoms. The van der Waals surface area contributed by atoms with E-state index in [9.17, 15) is 0 Å². The van der Waals surface area contributed by atoms with Crippen molar-refractivity contribution >= 4 is 17.3 Å². The van der Waals surface area contributed by atoms with Crippen molar-refractivity contribution in [1.29, 1.82) is 0 Å². The van der Waals surface area contributed by atoms with Crippen molar-refractivity contribution < 1.29 is 4.74 Å². The van der Waals surface area contributed by atoms with Gasteiger partial charge in [-0.05, 0) is 43.3 Å². The molecule has 0 saturated carbocycles. The van der Waals surface area contributed by atoms with Crippen LogP contribution in [0.25, 0.3) is 0 Å². The van der Waals surface area contributed by atoms with E-state index in [4.69, 9.17) is 17.0 Å². The van der Waals surface area contributed by atoms with Crippen LogP contribution in [0.5, 0.6) is 5.75 Å². The third kappa shape index (κ3) is 2.44. The van der Waals surface area contributed by atoms with Crippen LogP contribution in [0.4, 0.5) is 0 Å². The van der Waals surface area contributed by atoms with E-state index in [0.717, 1.165) is 23.8 Å². The van der Waals surface area contributed by atoms with Crippen LogP contribution >= 0.6 is 12.2 Å². The first-order valence-electron chi connectivity index (χ1n) is 5.30. The molecule has 1 unspecified atom stereocenters. The van der Waals surface area contributed by atoms with Gasteiger partial charge in [0.1, 0.15) is 5.75 Å². The molecule has 1 aliphatic rings. The molecule has 4 heteroatoms. The number of nitrogens with one attached hydrogen (secondary N) is 2. The summed E-state index contributed by atoms with van der Waals surface area (Å²) in [6, 6.07) is 8.15. The Labute approximate surface area is 101 Å². The van der Waals surface area contributed by atoms with Crippen LogP contribution in [0, 0.1) is 0 Å².